The number of methoxy groups -OCH3 is 6. The van der Waals surface area contributed by atoms with Crippen LogP contribution in [0.1, 0.15) is 38.6 Å². The SMILES string of the molecule is COc1c2cnccc2c(OC)c2oc(C(=O)N3CCOCC3)cc12.COc1c2cnccc2c(OC)c2oc(C(=O)O)cc12.COc1c2cnccc2c(OC)c2oc(C(C)=O)cc12. The number of ether oxygens (including phenoxy) is 7. The molecule has 3 aromatic carbocycles. The van der Waals surface area contributed by atoms with Gasteiger partial charge in [-0.05, 0) is 24.3 Å². The predicted molar refractivity (Wildman–Crippen MR) is 238 cm³/mol. The van der Waals surface area contributed by atoms with Crippen molar-refractivity contribution in [2.75, 3.05) is 69.0 Å². The van der Waals surface area contributed by atoms with Gasteiger partial charge in [0.25, 0.3) is 5.91 Å². The summed E-state index contributed by atoms with van der Waals surface area (Å²) < 4.78 is 55.0. The number of fused-ring (bicyclic) bond motifs is 6. The highest BCUT2D eigenvalue weighted by Crippen LogP contribution is 2.46. The van der Waals surface area contributed by atoms with Crippen LogP contribution in [0.2, 0.25) is 0 Å². The molecule has 0 radical (unpaired) electrons. The second-order valence-corrected chi connectivity index (χ2v) is 14.3. The Labute approximate surface area is 369 Å². The topological polar surface area (TPSA) is 217 Å². The second kappa shape index (κ2) is 18.3. The lowest BCUT2D eigenvalue weighted by molar-refractivity contribution is 0.0284. The van der Waals surface area contributed by atoms with Crippen LogP contribution in [0.15, 0.2) is 86.8 Å². The molecule has 18 heteroatoms. The molecule has 7 heterocycles. The first-order chi connectivity index (χ1) is 31.6. The summed E-state index contributed by atoms with van der Waals surface area (Å²) in [6.07, 6.45) is 10.0. The second-order valence-electron chi connectivity index (χ2n) is 14.3. The lowest BCUT2D eigenvalue weighted by Crippen LogP contribution is -2.40. The quantitative estimate of drug-likeness (QED) is 0.135. The molecule has 10 rings (SSSR count). The molecule has 18 nitrogen and oxygen atoms in total. The van der Waals surface area contributed by atoms with E-state index in [4.69, 9.17) is 51.5 Å². The molecule has 6 aromatic heterocycles. The molecule has 1 fully saturated rings. The van der Waals surface area contributed by atoms with Crippen LogP contribution in [0.3, 0.4) is 0 Å². The molecule has 0 atom stereocenters. The monoisotopic (exact) mass is 886 g/mol. The first-order valence-corrected chi connectivity index (χ1v) is 19.9. The van der Waals surface area contributed by atoms with Crippen LogP contribution in [0.25, 0.3) is 65.2 Å². The fraction of sp³-hybridized carbons (Fsp3) is 0.234. The number of aromatic carboxylic acids is 1. The maximum absolute atomic E-state index is 12.7. The van der Waals surface area contributed by atoms with Crippen LogP contribution in [-0.4, -0.2) is 112 Å². The number of nitrogens with zero attached hydrogens (tertiary/aromatic N) is 4. The Morgan fingerprint density at radius 1 is 0.508 bits per heavy atom. The third-order valence-corrected chi connectivity index (χ3v) is 10.8. The van der Waals surface area contributed by atoms with Gasteiger partial charge in [0.1, 0.15) is 17.2 Å². The van der Waals surface area contributed by atoms with Crippen molar-refractivity contribution in [1.82, 2.24) is 19.9 Å². The fourth-order valence-corrected chi connectivity index (χ4v) is 7.88. The third-order valence-electron chi connectivity index (χ3n) is 10.8. The third kappa shape index (κ3) is 7.73. The Bertz CT molecular complexity index is 2950. The molecule has 1 amide bonds. The van der Waals surface area contributed by atoms with E-state index in [1.54, 1.807) is 88.7 Å². The molecule has 334 valence electrons. The number of carbonyl (C=O) groups is 3. The van der Waals surface area contributed by atoms with Gasteiger partial charge in [-0.15, -0.1) is 0 Å². The summed E-state index contributed by atoms with van der Waals surface area (Å²) in [5.74, 6) is 2.27. The van der Waals surface area contributed by atoms with E-state index in [-0.39, 0.29) is 29.0 Å². The van der Waals surface area contributed by atoms with Gasteiger partial charge in [0.2, 0.25) is 5.76 Å². The molecule has 0 saturated carbocycles. The molecule has 0 spiro atoms. The number of rotatable bonds is 9. The number of Topliss-reactive ketones (excluding diaryl/α,β-unsaturated/α-hetero) is 1. The maximum Gasteiger partial charge on any atom is 0.371 e. The number of pyridine rings is 3. The van der Waals surface area contributed by atoms with Crippen molar-refractivity contribution in [3.8, 4) is 34.5 Å². The number of benzene rings is 3. The largest absolute Gasteiger partial charge is 0.495 e. The van der Waals surface area contributed by atoms with Crippen molar-refractivity contribution in [2.45, 2.75) is 6.92 Å². The number of carboxylic acid groups (broad SMARTS) is 1. The lowest BCUT2D eigenvalue weighted by Gasteiger charge is -2.25. The molecule has 1 N–H and O–H groups in total. The van der Waals surface area contributed by atoms with Crippen molar-refractivity contribution in [1.29, 1.82) is 0 Å². The number of amides is 1. The summed E-state index contributed by atoms with van der Waals surface area (Å²) in [5, 5.41) is 15.8. The van der Waals surface area contributed by atoms with Gasteiger partial charge in [-0.25, -0.2) is 4.79 Å². The number of furan rings is 3. The van der Waals surface area contributed by atoms with Crippen LogP contribution >= 0.6 is 0 Å². The molecule has 1 aliphatic rings. The van der Waals surface area contributed by atoms with E-state index in [0.29, 0.717) is 93.7 Å². The minimum atomic E-state index is -1.15. The first kappa shape index (κ1) is 43.5. The first-order valence-electron chi connectivity index (χ1n) is 19.9. The summed E-state index contributed by atoms with van der Waals surface area (Å²) in [6.45, 7) is 3.63. The zero-order valence-electron chi connectivity index (χ0n) is 36.3. The minimum absolute atomic E-state index is 0.146. The van der Waals surface area contributed by atoms with Crippen molar-refractivity contribution in [3.63, 3.8) is 0 Å². The molecular weight excluding hydrogens is 845 g/mol. The van der Waals surface area contributed by atoms with Crippen LogP contribution in [0.5, 0.6) is 34.5 Å². The normalized spacial score (nSPS) is 12.4. The zero-order valence-corrected chi connectivity index (χ0v) is 36.3. The fourth-order valence-electron chi connectivity index (χ4n) is 7.88. The summed E-state index contributed by atoms with van der Waals surface area (Å²) in [4.78, 5) is 49.4. The van der Waals surface area contributed by atoms with Crippen molar-refractivity contribution < 1.29 is 65.9 Å². The van der Waals surface area contributed by atoms with Gasteiger partial charge >= 0.3 is 5.97 Å². The average molecular weight is 887 g/mol. The van der Waals surface area contributed by atoms with E-state index >= 15 is 0 Å². The summed E-state index contributed by atoms with van der Waals surface area (Å²) in [5.41, 5.74) is 1.35. The van der Waals surface area contributed by atoms with Crippen LogP contribution in [0, 0.1) is 0 Å². The van der Waals surface area contributed by atoms with Crippen LogP contribution < -0.4 is 28.4 Å². The summed E-state index contributed by atoms with van der Waals surface area (Å²) >= 11 is 0. The molecule has 0 bridgehead atoms. The Balaban J connectivity index is 0.000000134. The molecule has 1 aliphatic heterocycles. The van der Waals surface area contributed by atoms with E-state index in [2.05, 4.69) is 15.0 Å². The number of aromatic nitrogens is 3. The maximum atomic E-state index is 12.7. The average Bonchev–Trinajstić information content (AvgIpc) is 4.11. The van der Waals surface area contributed by atoms with Crippen molar-refractivity contribution in [3.05, 3.63) is 90.9 Å². The number of ketones is 1. The van der Waals surface area contributed by atoms with Gasteiger partial charge < -0.3 is 56.4 Å². The summed E-state index contributed by atoms with van der Waals surface area (Å²) in [6, 6.07) is 10.2. The predicted octanol–water partition coefficient (Wildman–Crippen LogP) is 8.37. The molecule has 0 unspecified atom stereocenters. The lowest BCUT2D eigenvalue weighted by atomic mass is 10.1. The van der Waals surface area contributed by atoms with Gasteiger partial charge in [-0.2, -0.15) is 0 Å². The molecule has 0 aliphatic carbocycles. The molecule has 65 heavy (non-hydrogen) atoms. The van der Waals surface area contributed by atoms with Crippen LogP contribution in [0.4, 0.5) is 0 Å². The van der Waals surface area contributed by atoms with Gasteiger partial charge in [0.05, 0.1) is 72.0 Å². The number of carbonyl (C=O) groups excluding carboxylic acids is 2. The van der Waals surface area contributed by atoms with Gasteiger partial charge in [-0.1, -0.05) is 0 Å². The smallest absolute Gasteiger partial charge is 0.371 e. The number of carboxylic acids is 1. The van der Waals surface area contributed by atoms with E-state index in [9.17, 15) is 14.4 Å². The van der Waals surface area contributed by atoms with Crippen LogP contribution in [-0.2, 0) is 4.74 Å². The minimum Gasteiger partial charge on any atom is -0.495 e. The Morgan fingerprint density at radius 2 is 0.862 bits per heavy atom. The van der Waals surface area contributed by atoms with E-state index < -0.39 is 5.97 Å². The molecule has 1 saturated heterocycles. The van der Waals surface area contributed by atoms with Gasteiger partial charge in [-0.3, -0.25) is 24.5 Å². The van der Waals surface area contributed by atoms with Gasteiger partial charge in [0.15, 0.2) is 51.3 Å². The van der Waals surface area contributed by atoms with E-state index in [1.165, 1.54) is 27.2 Å². The highest BCUT2D eigenvalue weighted by Gasteiger charge is 2.27. The molecule has 9 aromatic rings. The standard InChI is InChI=1S/C18H18N2O5.C15H13NO4.C14H11NO5/c1-22-15-12-9-14(18(21)20-5-7-24-8-6-20)25-17(12)16(23-2)11-3-4-19-10-13(11)15;1-8(17)12-6-10-13(18-2)11-7-16-5-4-9(11)14(19-3)15(10)20-12;1-18-11-8-5-10(14(16)17)20-13(8)12(19-2)7-3-4-15-6-9(7)11/h3-4,9-10H,5-8H2,1-2H3;4-7H,1-3H3;3-6H,1-2H3,(H,16,17). The highest BCUT2D eigenvalue weighted by molar-refractivity contribution is 6.13. The Hall–Kier alpha value is -8.12. The van der Waals surface area contributed by atoms with E-state index in [1.807, 2.05) is 12.1 Å². The number of morpholine rings is 1. The Kier molecular flexibility index (Phi) is 12.3. The highest BCUT2D eigenvalue weighted by atomic mass is 16.5. The van der Waals surface area contributed by atoms with E-state index in [0.717, 1.165) is 32.3 Å². The number of hydrogen-bond acceptors (Lipinski definition) is 16. The zero-order chi connectivity index (χ0) is 45.9. The molecular formula is C47H42N4O14. The van der Waals surface area contributed by atoms with Crippen molar-refractivity contribution in [2.24, 2.45) is 0 Å². The van der Waals surface area contributed by atoms with Crippen molar-refractivity contribution >= 4 is 82.9 Å². The Morgan fingerprint density at radius 3 is 1.23 bits per heavy atom. The van der Waals surface area contributed by atoms with Gasteiger partial charge in [0, 0.05) is 102 Å². The summed E-state index contributed by atoms with van der Waals surface area (Å²) in [7, 11) is 9.33. The number of hydrogen-bond donors (Lipinski definition) is 1.